The van der Waals surface area contributed by atoms with Gasteiger partial charge in [-0.25, -0.2) is 8.42 Å². The highest BCUT2D eigenvalue weighted by molar-refractivity contribution is 7.89. The number of thiophene rings is 1. The third kappa shape index (κ3) is 4.24. The van der Waals surface area contributed by atoms with E-state index >= 15 is 0 Å². The minimum atomic E-state index is -3.63. The quantitative estimate of drug-likeness (QED) is 0.639. The Bertz CT molecular complexity index is 910. The van der Waals surface area contributed by atoms with Crippen LogP contribution in [0.5, 0.6) is 5.75 Å². The maximum atomic E-state index is 13.0. The molecule has 152 valence electrons. The van der Waals surface area contributed by atoms with Crippen LogP contribution in [-0.2, 0) is 26.0 Å². The molecule has 1 aromatic carbocycles. The summed E-state index contributed by atoms with van der Waals surface area (Å²) in [4.78, 5) is 13.2. The van der Waals surface area contributed by atoms with Crippen molar-refractivity contribution >= 4 is 27.3 Å². The molecule has 6 nitrogen and oxygen atoms in total. The maximum absolute atomic E-state index is 13.0. The molecule has 28 heavy (non-hydrogen) atoms. The molecule has 1 aliphatic rings. The van der Waals surface area contributed by atoms with Crippen LogP contribution in [0, 0.1) is 5.41 Å². The van der Waals surface area contributed by atoms with Gasteiger partial charge in [-0.3, -0.25) is 4.79 Å². The standard InChI is InChI=1S/C20H25NO5S2/c1-3-26-19(22)20(13-16-6-4-7-17(12-16)25-2)9-5-10-21(15-20)28(23,24)18-8-11-27-14-18/h4,6-8,11-12,14H,3,5,9-10,13,15H2,1-2H3/t20-/m0/s1. The summed E-state index contributed by atoms with van der Waals surface area (Å²) in [7, 11) is -2.04. The van der Waals surface area contributed by atoms with Crippen molar-refractivity contribution in [2.75, 3.05) is 26.8 Å². The second kappa shape index (κ2) is 8.63. The Labute approximate surface area is 170 Å². The molecule has 0 saturated carbocycles. The largest absolute Gasteiger partial charge is 0.497 e. The van der Waals surface area contributed by atoms with E-state index in [-0.39, 0.29) is 24.0 Å². The summed E-state index contributed by atoms with van der Waals surface area (Å²) in [5.41, 5.74) is 0.00571. The summed E-state index contributed by atoms with van der Waals surface area (Å²) in [6, 6.07) is 9.12. The Morgan fingerprint density at radius 3 is 2.82 bits per heavy atom. The van der Waals surface area contributed by atoms with Gasteiger partial charge in [-0.2, -0.15) is 15.6 Å². The lowest BCUT2D eigenvalue weighted by molar-refractivity contribution is -0.157. The van der Waals surface area contributed by atoms with Crippen molar-refractivity contribution in [1.29, 1.82) is 0 Å². The molecular formula is C20H25NO5S2. The van der Waals surface area contributed by atoms with Crippen molar-refractivity contribution in [3.05, 3.63) is 46.7 Å². The number of rotatable bonds is 7. The van der Waals surface area contributed by atoms with Crippen LogP contribution in [0.3, 0.4) is 0 Å². The molecule has 1 atom stereocenters. The smallest absolute Gasteiger partial charge is 0.313 e. The Morgan fingerprint density at radius 1 is 1.32 bits per heavy atom. The Kier molecular flexibility index (Phi) is 6.42. The van der Waals surface area contributed by atoms with Crippen LogP contribution < -0.4 is 4.74 Å². The summed E-state index contributed by atoms with van der Waals surface area (Å²) in [5.74, 6) is 0.359. The fourth-order valence-electron chi connectivity index (χ4n) is 3.68. The number of sulfonamides is 1. The topological polar surface area (TPSA) is 72.9 Å². The summed E-state index contributed by atoms with van der Waals surface area (Å²) in [5, 5.41) is 3.36. The van der Waals surface area contributed by atoms with Crippen molar-refractivity contribution in [2.45, 2.75) is 31.1 Å². The van der Waals surface area contributed by atoms with E-state index in [1.54, 1.807) is 30.9 Å². The molecule has 0 N–H and O–H groups in total. The van der Waals surface area contributed by atoms with Gasteiger partial charge < -0.3 is 9.47 Å². The van der Waals surface area contributed by atoms with E-state index in [2.05, 4.69) is 0 Å². The van der Waals surface area contributed by atoms with Gasteiger partial charge in [0.05, 0.1) is 24.0 Å². The number of nitrogens with zero attached hydrogens (tertiary/aromatic N) is 1. The van der Waals surface area contributed by atoms with E-state index in [1.165, 1.54) is 15.6 Å². The van der Waals surface area contributed by atoms with Crippen LogP contribution in [0.4, 0.5) is 0 Å². The van der Waals surface area contributed by atoms with Crippen LogP contribution >= 0.6 is 11.3 Å². The van der Waals surface area contributed by atoms with Crippen molar-refractivity contribution < 1.29 is 22.7 Å². The number of hydrogen-bond donors (Lipinski definition) is 0. The first-order valence-electron chi connectivity index (χ1n) is 9.24. The van der Waals surface area contributed by atoms with Crippen LogP contribution in [0.25, 0.3) is 0 Å². The molecule has 1 saturated heterocycles. The molecule has 8 heteroatoms. The van der Waals surface area contributed by atoms with Crippen LogP contribution in [0.15, 0.2) is 46.0 Å². The fourth-order valence-corrected chi connectivity index (χ4v) is 6.26. The lowest BCUT2D eigenvalue weighted by atomic mass is 9.75. The van der Waals surface area contributed by atoms with Crippen molar-refractivity contribution in [3.63, 3.8) is 0 Å². The maximum Gasteiger partial charge on any atom is 0.313 e. The van der Waals surface area contributed by atoms with E-state index in [1.807, 2.05) is 24.3 Å². The molecule has 0 amide bonds. The van der Waals surface area contributed by atoms with E-state index in [0.717, 1.165) is 5.56 Å². The molecule has 1 aromatic heterocycles. The van der Waals surface area contributed by atoms with Gasteiger partial charge in [0.1, 0.15) is 5.75 Å². The van der Waals surface area contributed by atoms with Gasteiger partial charge in [-0.15, -0.1) is 0 Å². The summed E-state index contributed by atoms with van der Waals surface area (Å²) in [6.07, 6.45) is 1.59. The molecule has 0 unspecified atom stereocenters. The number of piperidine rings is 1. The average Bonchev–Trinajstić information content (AvgIpc) is 3.24. The van der Waals surface area contributed by atoms with Crippen molar-refractivity contribution in [3.8, 4) is 5.75 Å². The Hall–Kier alpha value is -1.90. The van der Waals surface area contributed by atoms with Gasteiger partial charge in [0, 0.05) is 18.5 Å². The SMILES string of the molecule is CCOC(=O)[C@]1(Cc2cccc(OC)c2)CCCN(S(=O)(=O)c2ccsc2)C1. The highest BCUT2D eigenvalue weighted by atomic mass is 32.2. The van der Waals surface area contributed by atoms with E-state index in [4.69, 9.17) is 9.47 Å². The van der Waals surface area contributed by atoms with Gasteiger partial charge in [0.15, 0.2) is 0 Å². The van der Waals surface area contributed by atoms with Gasteiger partial charge in [-0.05, 0) is 55.3 Å². The monoisotopic (exact) mass is 423 g/mol. The van der Waals surface area contributed by atoms with Gasteiger partial charge >= 0.3 is 5.97 Å². The number of carbonyl (C=O) groups excluding carboxylic acids is 1. The number of hydrogen-bond acceptors (Lipinski definition) is 6. The van der Waals surface area contributed by atoms with Gasteiger partial charge in [0.2, 0.25) is 10.0 Å². The van der Waals surface area contributed by atoms with Crippen LogP contribution in [0.2, 0.25) is 0 Å². The Balaban J connectivity index is 1.93. The van der Waals surface area contributed by atoms with Crippen LogP contribution in [0.1, 0.15) is 25.3 Å². The number of methoxy groups -OCH3 is 1. The zero-order valence-corrected chi connectivity index (χ0v) is 17.7. The molecule has 2 heterocycles. The molecule has 0 radical (unpaired) electrons. The molecule has 0 bridgehead atoms. The highest BCUT2D eigenvalue weighted by Gasteiger charge is 2.46. The number of benzene rings is 1. The molecule has 1 fully saturated rings. The minimum absolute atomic E-state index is 0.112. The van der Waals surface area contributed by atoms with E-state index in [9.17, 15) is 13.2 Å². The number of carbonyl (C=O) groups is 1. The first-order valence-corrected chi connectivity index (χ1v) is 11.6. The van der Waals surface area contributed by atoms with Crippen LogP contribution in [-0.4, -0.2) is 45.5 Å². The minimum Gasteiger partial charge on any atom is -0.497 e. The van der Waals surface area contributed by atoms with Gasteiger partial charge in [-0.1, -0.05) is 12.1 Å². The fraction of sp³-hybridized carbons (Fsp3) is 0.450. The second-order valence-corrected chi connectivity index (χ2v) is 9.65. The molecule has 1 aliphatic heterocycles. The highest BCUT2D eigenvalue weighted by Crippen LogP contribution is 2.38. The average molecular weight is 424 g/mol. The summed E-state index contributed by atoms with van der Waals surface area (Å²) < 4.78 is 38.1. The predicted molar refractivity (Wildman–Crippen MR) is 108 cm³/mol. The van der Waals surface area contributed by atoms with E-state index < -0.39 is 15.4 Å². The lowest BCUT2D eigenvalue weighted by Gasteiger charge is -2.40. The second-order valence-electron chi connectivity index (χ2n) is 6.93. The molecule has 0 spiro atoms. The lowest BCUT2D eigenvalue weighted by Crippen LogP contribution is -2.51. The zero-order valence-electron chi connectivity index (χ0n) is 16.1. The molecular weight excluding hydrogens is 398 g/mol. The predicted octanol–water partition coefficient (Wildman–Crippen LogP) is 3.33. The summed E-state index contributed by atoms with van der Waals surface area (Å²) >= 11 is 1.34. The third-order valence-electron chi connectivity index (χ3n) is 5.06. The zero-order chi connectivity index (χ0) is 20.2. The first kappa shape index (κ1) is 20.8. The molecule has 3 rings (SSSR count). The number of ether oxygens (including phenoxy) is 2. The Morgan fingerprint density at radius 2 is 2.14 bits per heavy atom. The third-order valence-corrected chi connectivity index (χ3v) is 7.73. The number of esters is 1. The van der Waals surface area contributed by atoms with Crippen molar-refractivity contribution in [1.82, 2.24) is 4.31 Å². The first-order chi connectivity index (χ1) is 13.4. The van der Waals surface area contributed by atoms with E-state index in [0.29, 0.717) is 31.6 Å². The normalized spacial score (nSPS) is 20.6. The van der Waals surface area contributed by atoms with Crippen molar-refractivity contribution in [2.24, 2.45) is 5.41 Å². The summed E-state index contributed by atoms with van der Waals surface area (Å²) in [6.45, 7) is 2.54. The van der Waals surface area contributed by atoms with Gasteiger partial charge in [0.25, 0.3) is 0 Å². The molecule has 0 aliphatic carbocycles. The molecule has 2 aromatic rings.